The van der Waals surface area contributed by atoms with E-state index in [4.69, 9.17) is 0 Å². The molecule has 3 radical (unpaired) electrons. The minimum atomic E-state index is 0. The van der Waals surface area contributed by atoms with Gasteiger partial charge in [0, 0.05) is 9.84 Å². The van der Waals surface area contributed by atoms with E-state index in [1.54, 1.807) is 0 Å². The fourth-order valence-electron chi connectivity index (χ4n) is 3.60. The summed E-state index contributed by atoms with van der Waals surface area (Å²) in [6, 6.07) is 30.7. The van der Waals surface area contributed by atoms with Crippen molar-refractivity contribution in [3.05, 3.63) is 84.9 Å². The predicted molar refractivity (Wildman–Crippen MR) is 142 cm³/mol. The van der Waals surface area contributed by atoms with Crippen molar-refractivity contribution in [1.82, 2.24) is 0 Å². The number of hydrogen-bond acceptors (Lipinski definition) is 0. The first-order valence-corrected chi connectivity index (χ1v) is 9.64. The number of benzene rings is 5. The Morgan fingerprint density at radius 3 is 1.53 bits per heavy atom. The Labute approximate surface area is 185 Å². The van der Waals surface area contributed by atoms with Gasteiger partial charge in [0.1, 0.15) is 0 Å². The van der Waals surface area contributed by atoms with E-state index >= 15 is 0 Å². The second-order valence-corrected chi connectivity index (χ2v) is 5.84. The Morgan fingerprint density at radius 2 is 0.967 bits per heavy atom. The molecule has 0 bridgehead atoms. The largest absolute Gasteiger partial charge is 0.269 e. The normalized spacial score (nSPS) is 8.93. The minimum absolute atomic E-state index is 0. The number of rotatable bonds is 1. The van der Waals surface area contributed by atoms with E-state index in [1.807, 2.05) is 27.7 Å². The van der Waals surface area contributed by atoms with Crippen LogP contribution < -0.4 is 0 Å². The Kier molecular flexibility index (Phi) is 13.1. The summed E-state index contributed by atoms with van der Waals surface area (Å²) in [5.41, 5.74) is 2.59. The standard InChI is InChI=1S/C22H14.2C2H6.2CH4.B.FH.H2/c1-2-5-15(6-3-1)19-13-11-18-10-9-16-7-4-8-17-12-14-20(19)22(18)21(16)17;2*1-2;;;;;/h1-14H;2*1-2H3;2*1H4;;2*1H/i;;;;;;;1+1. The molecule has 0 aliphatic rings. The molecule has 0 saturated heterocycles. The summed E-state index contributed by atoms with van der Waals surface area (Å²) in [6.07, 6.45) is 0. The van der Waals surface area contributed by atoms with Crippen LogP contribution in [-0.2, 0) is 0 Å². The molecule has 0 unspecified atom stereocenters. The van der Waals surface area contributed by atoms with Crippen molar-refractivity contribution >= 4 is 40.7 Å². The van der Waals surface area contributed by atoms with Gasteiger partial charge in [0.25, 0.3) is 0 Å². The molecular weight excluding hydrogens is 366 g/mol. The lowest BCUT2D eigenvalue weighted by molar-refractivity contribution is 1.11. The van der Waals surface area contributed by atoms with Crippen molar-refractivity contribution in [1.29, 1.82) is 0 Å². The van der Waals surface area contributed by atoms with Gasteiger partial charge in [-0.25, -0.2) is 0 Å². The molecule has 0 nitrogen and oxygen atoms in total. The molecule has 0 aliphatic heterocycles. The van der Waals surface area contributed by atoms with Gasteiger partial charge in [-0.05, 0) is 43.4 Å². The highest BCUT2D eigenvalue weighted by atomic mass is 19.0. The molecule has 5 aromatic rings. The van der Waals surface area contributed by atoms with Crippen molar-refractivity contribution in [2.75, 3.05) is 0 Å². The van der Waals surface area contributed by atoms with E-state index < -0.39 is 0 Å². The Bertz CT molecular complexity index is 1110. The van der Waals surface area contributed by atoms with Crippen LogP contribution in [-0.4, -0.2) is 8.41 Å². The van der Waals surface area contributed by atoms with Gasteiger partial charge in [-0.15, -0.1) is 0 Å². The molecule has 30 heavy (non-hydrogen) atoms. The van der Waals surface area contributed by atoms with Gasteiger partial charge in [0.2, 0.25) is 0 Å². The van der Waals surface area contributed by atoms with Crippen LogP contribution in [0.15, 0.2) is 84.9 Å². The van der Waals surface area contributed by atoms with Crippen LogP contribution in [0.4, 0.5) is 4.70 Å². The van der Waals surface area contributed by atoms with Crippen LogP contribution in [0.3, 0.4) is 0 Å². The van der Waals surface area contributed by atoms with Crippen LogP contribution in [0.25, 0.3) is 43.4 Å². The molecule has 5 aromatic carbocycles. The van der Waals surface area contributed by atoms with Crippen molar-refractivity contribution in [3.8, 4) is 11.1 Å². The van der Waals surface area contributed by atoms with Crippen LogP contribution in [0, 0.1) is 0 Å². The molecule has 0 amide bonds. The third-order valence-corrected chi connectivity index (χ3v) is 4.61. The second-order valence-electron chi connectivity index (χ2n) is 5.84. The summed E-state index contributed by atoms with van der Waals surface area (Å²) < 4.78 is 0. The maximum Gasteiger partial charge on any atom is 0 e. The lowest BCUT2D eigenvalue weighted by Crippen LogP contribution is -1.86. The van der Waals surface area contributed by atoms with Crippen LogP contribution in [0.1, 0.15) is 44.0 Å². The molecule has 0 aromatic heterocycles. The molecule has 0 fully saturated rings. The van der Waals surface area contributed by atoms with Crippen molar-refractivity contribution < 1.29 is 6.13 Å². The second kappa shape index (κ2) is 13.4. The van der Waals surface area contributed by atoms with Crippen molar-refractivity contribution in [2.24, 2.45) is 0 Å². The molecule has 0 saturated carbocycles. The monoisotopic (exact) mass is 404 g/mol. The molecule has 0 heterocycles. The molecule has 2 heteroatoms. The fraction of sp³-hybridized carbons (Fsp3) is 0.214. The van der Waals surface area contributed by atoms with Crippen LogP contribution in [0.2, 0.25) is 0 Å². The van der Waals surface area contributed by atoms with Gasteiger partial charge in [-0.1, -0.05) is 127 Å². The smallest absolute Gasteiger partial charge is 0 e. The lowest BCUT2D eigenvalue weighted by Gasteiger charge is -2.14. The first kappa shape index (κ1) is 29.3. The maximum absolute atomic E-state index is 2.27. The summed E-state index contributed by atoms with van der Waals surface area (Å²) in [5.74, 6) is 0. The molecule has 5 rings (SSSR count). The minimum Gasteiger partial charge on any atom is -0.269 e. The molecule has 0 atom stereocenters. The predicted octanol–water partition coefficient (Wildman–Crippen LogP) is 9.59. The zero-order chi connectivity index (χ0) is 18.5. The fourth-order valence-corrected chi connectivity index (χ4v) is 3.60. The summed E-state index contributed by atoms with van der Waals surface area (Å²) >= 11 is 0. The summed E-state index contributed by atoms with van der Waals surface area (Å²) in [4.78, 5) is 0. The SMILES string of the molecule is C.C.CC.CC.F.[2HH].[B].c1ccc(-c2ccc3ccc4cccc5ccc2c3c45)cc1. The van der Waals surface area contributed by atoms with Gasteiger partial charge in [-0.3, -0.25) is 4.70 Å². The summed E-state index contributed by atoms with van der Waals surface area (Å²) in [7, 11) is 0. The number of halogens is 1. The van der Waals surface area contributed by atoms with E-state index in [0.29, 0.717) is 0 Å². The Morgan fingerprint density at radius 1 is 0.500 bits per heavy atom. The summed E-state index contributed by atoms with van der Waals surface area (Å²) in [6.45, 7) is 8.00. The van der Waals surface area contributed by atoms with E-state index in [2.05, 4.69) is 84.9 Å². The molecular formula is C28H37BF. The highest BCUT2D eigenvalue weighted by Gasteiger charge is 2.11. The molecule has 159 valence electrons. The first-order valence-electron chi connectivity index (χ1n) is 9.64. The summed E-state index contributed by atoms with van der Waals surface area (Å²) in [5, 5.41) is 8.07. The average Bonchev–Trinajstić information content (AvgIpc) is 2.75. The highest BCUT2D eigenvalue weighted by Crippen LogP contribution is 2.38. The average molecular weight is 404 g/mol. The first-order chi connectivity index (χ1) is 12.9. The van der Waals surface area contributed by atoms with E-state index in [0.717, 1.165) is 0 Å². The van der Waals surface area contributed by atoms with Gasteiger partial charge in [-0.2, -0.15) is 0 Å². The maximum atomic E-state index is 2.27. The van der Waals surface area contributed by atoms with Gasteiger partial charge < -0.3 is 0 Å². The molecule has 0 spiro atoms. The lowest BCUT2D eigenvalue weighted by atomic mass is 9.90. The highest BCUT2D eigenvalue weighted by molar-refractivity contribution is 6.25. The van der Waals surface area contributed by atoms with E-state index in [-0.39, 0.29) is 29.4 Å². The van der Waals surface area contributed by atoms with E-state index in [1.165, 1.54) is 43.4 Å². The molecule has 0 N–H and O–H groups in total. The van der Waals surface area contributed by atoms with Gasteiger partial charge >= 0.3 is 0 Å². The van der Waals surface area contributed by atoms with E-state index in [9.17, 15) is 0 Å². The third-order valence-electron chi connectivity index (χ3n) is 4.61. The van der Waals surface area contributed by atoms with Gasteiger partial charge in [0.05, 0.1) is 0 Å². The van der Waals surface area contributed by atoms with Crippen molar-refractivity contribution in [3.63, 3.8) is 0 Å². The topological polar surface area (TPSA) is 0 Å². The Balaban J connectivity index is -0.000000828. The zero-order valence-corrected chi connectivity index (χ0v) is 17.1. The van der Waals surface area contributed by atoms with Gasteiger partial charge in [0.15, 0.2) is 0 Å². The van der Waals surface area contributed by atoms with Crippen LogP contribution in [0.5, 0.6) is 0 Å². The Hall–Kier alpha value is -2.87. The quantitative estimate of drug-likeness (QED) is 0.193. The number of hydrogen-bond donors (Lipinski definition) is 0. The molecule has 0 aliphatic carbocycles. The van der Waals surface area contributed by atoms with Crippen LogP contribution >= 0.6 is 0 Å². The third kappa shape index (κ3) is 5.00. The van der Waals surface area contributed by atoms with Crippen molar-refractivity contribution in [2.45, 2.75) is 42.5 Å². The zero-order valence-electron chi connectivity index (χ0n) is 17.1.